The number of anilines is 1. The van der Waals surface area contributed by atoms with E-state index in [1.54, 1.807) is 17.2 Å². The van der Waals surface area contributed by atoms with Crippen LogP contribution in [0.4, 0.5) is 6.01 Å². The van der Waals surface area contributed by atoms with Crippen LogP contribution in [0.5, 0.6) is 5.88 Å². The molecule has 1 saturated heterocycles. The van der Waals surface area contributed by atoms with Crippen molar-refractivity contribution in [2.24, 2.45) is 17.8 Å². The molecule has 5 rings (SSSR count). The number of ether oxygens (including phenoxy) is 1. The van der Waals surface area contributed by atoms with Gasteiger partial charge in [-0.3, -0.25) is 0 Å². The summed E-state index contributed by atoms with van der Waals surface area (Å²) in [6, 6.07) is 2.68. The zero-order chi connectivity index (χ0) is 21.9. The Bertz CT molecular complexity index is 1010. The number of piperidine rings is 1. The Labute approximate surface area is 187 Å². The Hall–Kier alpha value is -3.04. The highest BCUT2D eigenvalue weighted by atomic mass is 16.5. The molecule has 1 saturated carbocycles. The van der Waals surface area contributed by atoms with Crippen molar-refractivity contribution in [2.75, 3.05) is 24.6 Å². The summed E-state index contributed by atoms with van der Waals surface area (Å²) in [5.74, 6) is 3.91. The lowest BCUT2D eigenvalue weighted by Gasteiger charge is -2.30. The fraction of sp³-hybridized carbons (Fsp3) is 0.636. The van der Waals surface area contributed by atoms with Crippen molar-refractivity contribution in [2.45, 2.75) is 52.4 Å². The van der Waals surface area contributed by atoms with Crippen molar-refractivity contribution in [3.8, 4) is 11.6 Å². The molecule has 0 unspecified atom stereocenters. The largest absolute Gasteiger partial charge is 0.477 e. The number of pyridine rings is 1. The molecule has 170 valence electrons. The topological polar surface area (TPSA) is 108 Å². The lowest BCUT2D eigenvalue weighted by atomic mass is 9.90. The second-order valence-electron chi connectivity index (χ2n) is 8.93. The average molecular weight is 439 g/mol. The van der Waals surface area contributed by atoms with Gasteiger partial charge in [-0.1, -0.05) is 12.1 Å². The van der Waals surface area contributed by atoms with Gasteiger partial charge in [-0.25, -0.2) is 4.98 Å². The Kier molecular flexibility index (Phi) is 6.00. The molecule has 1 aliphatic heterocycles. The van der Waals surface area contributed by atoms with E-state index in [1.165, 1.54) is 19.3 Å². The van der Waals surface area contributed by atoms with Crippen molar-refractivity contribution >= 4 is 6.01 Å². The minimum absolute atomic E-state index is 0.689. The number of aromatic nitrogens is 7. The fourth-order valence-electron chi connectivity index (χ4n) is 4.81. The van der Waals surface area contributed by atoms with E-state index < -0.39 is 0 Å². The molecule has 32 heavy (non-hydrogen) atoms. The molecule has 0 N–H and O–H groups in total. The zero-order valence-electron chi connectivity index (χ0n) is 18.7. The van der Waals surface area contributed by atoms with Gasteiger partial charge < -0.3 is 14.2 Å². The van der Waals surface area contributed by atoms with Crippen LogP contribution in [-0.4, -0.2) is 55.0 Å². The Morgan fingerprint density at radius 3 is 2.88 bits per heavy atom. The van der Waals surface area contributed by atoms with Crippen LogP contribution in [0.1, 0.15) is 50.4 Å². The maximum absolute atomic E-state index is 5.98. The highest BCUT2D eigenvalue weighted by molar-refractivity contribution is 5.36. The molecule has 3 aromatic heterocycles. The third-order valence-electron chi connectivity index (χ3n) is 6.68. The monoisotopic (exact) mass is 438 g/mol. The molecule has 0 radical (unpaired) electrons. The van der Waals surface area contributed by atoms with Gasteiger partial charge in [0.15, 0.2) is 5.82 Å². The molecule has 2 aliphatic rings. The SMILES string of the molecule is CCCc1noc(N2CCC([C@H]3C[C@H]3CCOc3ncc(-n4cnnn4)cc3C)CC2)n1. The van der Waals surface area contributed by atoms with Crippen molar-refractivity contribution in [3.05, 3.63) is 30.0 Å². The van der Waals surface area contributed by atoms with E-state index in [1.807, 2.05) is 13.0 Å². The lowest BCUT2D eigenvalue weighted by molar-refractivity contribution is 0.273. The van der Waals surface area contributed by atoms with E-state index in [0.29, 0.717) is 18.5 Å². The zero-order valence-corrected chi connectivity index (χ0v) is 18.7. The second-order valence-corrected chi connectivity index (χ2v) is 8.93. The van der Waals surface area contributed by atoms with E-state index in [2.05, 4.69) is 42.5 Å². The molecule has 0 amide bonds. The van der Waals surface area contributed by atoms with E-state index in [-0.39, 0.29) is 0 Å². The summed E-state index contributed by atoms with van der Waals surface area (Å²) in [6.45, 7) is 6.85. The molecule has 0 aromatic carbocycles. The number of hydrogen-bond acceptors (Lipinski definition) is 9. The van der Waals surface area contributed by atoms with E-state index >= 15 is 0 Å². The van der Waals surface area contributed by atoms with Gasteiger partial charge in [0.2, 0.25) is 5.88 Å². The highest BCUT2D eigenvalue weighted by Crippen LogP contribution is 2.50. The van der Waals surface area contributed by atoms with Gasteiger partial charge in [0.05, 0.1) is 18.5 Å². The van der Waals surface area contributed by atoms with Crippen molar-refractivity contribution in [1.29, 1.82) is 0 Å². The second kappa shape index (κ2) is 9.22. The molecule has 2 fully saturated rings. The molecular weight excluding hydrogens is 408 g/mol. The van der Waals surface area contributed by atoms with E-state index in [4.69, 9.17) is 9.26 Å². The summed E-state index contributed by atoms with van der Waals surface area (Å²) in [7, 11) is 0. The maximum atomic E-state index is 5.98. The number of aryl methyl sites for hydroxylation is 2. The highest BCUT2D eigenvalue weighted by Gasteiger charge is 2.43. The van der Waals surface area contributed by atoms with Crippen LogP contribution >= 0.6 is 0 Å². The maximum Gasteiger partial charge on any atom is 0.324 e. The fourth-order valence-corrected chi connectivity index (χ4v) is 4.81. The third kappa shape index (κ3) is 4.58. The predicted octanol–water partition coefficient (Wildman–Crippen LogP) is 3.02. The van der Waals surface area contributed by atoms with Crippen molar-refractivity contribution in [3.63, 3.8) is 0 Å². The van der Waals surface area contributed by atoms with Crippen LogP contribution in [0.2, 0.25) is 0 Å². The predicted molar refractivity (Wildman–Crippen MR) is 117 cm³/mol. The molecule has 0 spiro atoms. The number of nitrogens with zero attached hydrogens (tertiary/aromatic N) is 8. The summed E-state index contributed by atoms with van der Waals surface area (Å²) in [6.07, 6.45) is 10.0. The minimum atomic E-state index is 0.689. The Morgan fingerprint density at radius 2 is 2.12 bits per heavy atom. The smallest absolute Gasteiger partial charge is 0.324 e. The molecular formula is C22H30N8O2. The van der Waals surface area contributed by atoms with E-state index in [9.17, 15) is 0 Å². The molecule has 0 bridgehead atoms. The van der Waals surface area contributed by atoms with Crippen LogP contribution in [0.25, 0.3) is 5.69 Å². The first kappa shape index (κ1) is 20.8. The lowest BCUT2D eigenvalue weighted by Crippen LogP contribution is -2.34. The summed E-state index contributed by atoms with van der Waals surface area (Å²) in [5.41, 5.74) is 1.82. The van der Waals surface area contributed by atoms with E-state index in [0.717, 1.165) is 67.2 Å². The van der Waals surface area contributed by atoms with Crippen molar-refractivity contribution in [1.82, 2.24) is 35.3 Å². The minimum Gasteiger partial charge on any atom is -0.477 e. The number of hydrogen-bond donors (Lipinski definition) is 0. The first-order valence-corrected chi connectivity index (χ1v) is 11.6. The first-order chi connectivity index (χ1) is 15.7. The third-order valence-corrected chi connectivity index (χ3v) is 6.68. The van der Waals surface area contributed by atoms with Gasteiger partial charge in [-0.15, -0.1) is 5.10 Å². The molecule has 3 aromatic rings. The molecule has 10 nitrogen and oxygen atoms in total. The van der Waals surface area contributed by atoms with Crippen LogP contribution < -0.4 is 9.64 Å². The summed E-state index contributed by atoms with van der Waals surface area (Å²) < 4.78 is 13.0. The van der Waals surface area contributed by atoms with Gasteiger partial charge in [-0.2, -0.15) is 9.67 Å². The Morgan fingerprint density at radius 1 is 1.25 bits per heavy atom. The molecule has 2 atom stereocenters. The van der Waals surface area contributed by atoms with Crippen LogP contribution in [0.15, 0.2) is 23.1 Å². The van der Waals surface area contributed by atoms with Gasteiger partial charge in [0.25, 0.3) is 0 Å². The van der Waals surface area contributed by atoms with Gasteiger partial charge in [0, 0.05) is 25.1 Å². The van der Waals surface area contributed by atoms with Crippen molar-refractivity contribution < 1.29 is 9.26 Å². The average Bonchev–Trinajstić information content (AvgIpc) is 3.17. The van der Waals surface area contributed by atoms with Crippen LogP contribution in [-0.2, 0) is 6.42 Å². The summed E-state index contributed by atoms with van der Waals surface area (Å²) >= 11 is 0. The van der Waals surface area contributed by atoms with Crippen LogP contribution in [0.3, 0.4) is 0 Å². The normalized spacial score (nSPS) is 21.1. The van der Waals surface area contributed by atoms with Gasteiger partial charge in [0.1, 0.15) is 6.33 Å². The summed E-state index contributed by atoms with van der Waals surface area (Å²) in [5, 5.41) is 15.3. The van der Waals surface area contributed by atoms with Gasteiger partial charge in [-0.05, 0) is 73.3 Å². The van der Waals surface area contributed by atoms with Crippen LogP contribution in [0, 0.1) is 24.7 Å². The Balaban J connectivity index is 1.04. The molecule has 10 heteroatoms. The van der Waals surface area contributed by atoms with Gasteiger partial charge >= 0.3 is 6.01 Å². The number of rotatable bonds is 9. The summed E-state index contributed by atoms with van der Waals surface area (Å²) in [4.78, 5) is 11.2. The quantitative estimate of drug-likeness (QED) is 0.498. The first-order valence-electron chi connectivity index (χ1n) is 11.6. The molecule has 4 heterocycles. The standard InChI is InChI=1S/C22H30N8O2/c1-3-4-20-25-22(32-26-20)29-8-5-16(6-9-29)19-12-17(19)7-10-31-21-15(2)11-18(13-23-21)30-14-24-27-28-30/h11,13-14,16-17,19H,3-10,12H2,1-2H3/t17-,19-/m1/s1. The number of tetrazole rings is 1. The molecule has 1 aliphatic carbocycles.